The van der Waals surface area contributed by atoms with Crippen LogP contribution in [0.25, 0.3) is 0 Å². The van der Waals surface area contributed by atoms with Crippen LogP contribution in [0.1, 0.15) is 36.4 Å². The van der Waals surface area contributed by atoms with Crippen molar-refractivity contribution in [1.29, 1.82) is 0 Å². The van der Waals surface area contributed by atoms with E-state index in [1.807, 2.05) is 19.0 Å². The molecule has 0 fully saturated rings. The van der Waals surface area contributed by atoms with E-state index in [0.717, 1.165) is 25.8 Å². The summed E-state index contributed by atoms with van der Waals surface area (Å²) in [6.07, 6.45) is 3.70. The number of hydrogen-bond acceptors (Lipinski definition) is 2. The Labute approximate surface area is 109 Å². The molecule has 1 unspecified atom stereocenters. The Bertz CT molecular complexity index is 417. The molecule has 18 heavy (non-hydrogen) atoms. The van der Waals surface area contributed by atoms with Crippen molar-refractivity contribution in [1.82, 2.24) is 10.2 Å². The van der Waals surface area contributed by atoms with E-state index in [-0.39, 0.29) is 11.9 Å². The highest BCUT2D eigenvalue weighted by Gasteiger charge is 2.27. The molecule has 98 valence electrons. The first-order chi connectivity index (χ1) is 8.74. The fourth-order valence-electron chi connectivity index (χ4n) is 2.70. The predicted molar refractivity (Wildman–Crippen MR) is 73.4 cm³/mol. The summed E-state index contributed by atoms with van der Waals surface area (Å²) in [5, 5.41) is 3.08. The highest BCUT2D eigenvalue weighted by Crippen LogP contribution is 2.34. The van der Waals surface area contributed by atoms with Crippen LogP contribution in [0.4, 0.5) is 0 Å². The van der Waals surface area contributed by atoms with Gasteiger partial charge in [-0.3, -0.25) is 4.79 Å². The number of carbonyl (C=O) groups excluding carboxylic acids is 1. The fourth-order valence-corrected chi connectivity index (χ4v) is 2.70. The zero-order valence-electron chi connectivity index (χ0n) is 11.3. The van der Waals surface area contributed by atoms with Gasteiger partial charge in [-0.2, -0.15) is 0 Å². The van der Waals surface area contributed by atoms with E-state index in [4.69, 9.17) is 0 Å². The molecule has 2 rings (SSSR count). The second-order valence-electron chi connectivity index (χ2n) is 4.97. The maximum Gasteiger partial charge on any atom is 0.222 e. The molecule has 1 aromatic carbocycles. The number of nitrogens with zero attached hydrogens (tertiary/aromatic N) is 1. The van der Waals surface area contributed by atoms with Gasteiger partial charge in [0.25, 0.3) is 0 Å². The minimum atomic E-state index is 0.256. The van der Waals surface area contributed by atoms with Crippen molar-refractivity contribution in [3.05, 3.63) is 35.4 Å². The number of aryl methyl sites for hydroxylation is 1. The lowest BCUT2D eigenvalue weighted by molar-refractivity contribution is -0.132. The smallest absolute Gasteiger partial charge is 0.222 e. The lowest BCUT2D eigenvalue weighted by atomic mass is 10.1. The zero-order valence-corrected chi connectivity index (χ0v) is 11.3. The van der Waals surface area contributed by atoms with Crippen molar-refractivity contribution in [3.8, 4) is 0 Å². The molecule has 0 heterocycles. The van der Waals surface area contributed by atoms with E-state index in [1.165, 1.54) is 11.1 Å². The first kappa shape index (κ1) is 13.1. The van der Waals surface area contributed by atoms with E-state index in [1.54, 1.807) is 0 Å². The molecule has 0 spiro atoms. The molecule has 1 atom stereocenters. The number of hydrogen-bond donors (Lipinski definition) is 1. The van der Waals surface area contributed by atoms with Crippen LogP contribution in [-0.2, 0) is 11.2 Å². The normalized spacial score (nSPS) is 17.6. The molecule has 0 aliphatic heterocycles. The second kappa shape index (κ2) is 6.01. The van der Waals surface area contributed by atoms with E-state index in [2.05, 4.69) is 29.6 Å². The number of nitrogens with one attached hydrogen (secondary N) is 1. The van der Waals surface area contributed by atoms with Gasteiger partial charge in [0.05, 0.1) is 6.04 Å². The molecule has 0 bridgehead atoms. The fraction of sp³-hybridized carbons (Fsp3) is 0.533. The topological polar surface area (TPSA) is 32.3 Å². The predicted octanol–water partition coefficient (Wildman–Crippen LogP) is 2.13. The van der Waals surface area contributed by atoms with Gasteiger partial charge in [0.1, 0.15) is 0 Å². The molecular weight excluding hydrogens is 224 g/mol. The van der Waals surface area contributed by atoms with Gasteiger partial charge in [-0.15, -0.1) is 0 Å². The average Bonchev–Trinajstić information content (AvgIpc) is 2.82. The Morgan fingerprint density at radius 1 is 1.44 bits per heavy atom. The lowest BCUT2D eigenvalue weighted by Crippen LogP contribution is -2.30. The Morgan fingerprint density at radius 2 is 2.22 bits per heavy atom. The molecule has 1 aromatic rings. The zero-order chi connectivity index (χ0) is 13.0. The van der Waals surface area contributed by atoms with Gasteiger partial charge in [0.15, 0.2) is 0 Å². The van der Waals surface area contributed by atoms with Gasteiger partial charge in [-0.25, -0.2) is 0 Å². The van der Waals surface area contributed by atoms with Crippen LogP contribution in [-0.4, -0.2) is 31.4 Å². The monoisotopic (exact) mass is 246 g/mol. The van der Waals surface area contributed by atoms with Gasteiger partial charge < -0.3 is 10.2 Å². The summed E-state index contributed by atoms with van der Waals surface area (Å²) in [6, 6.07) is 8.76. The highest BCUT2D eigenvalue weighted by molar-refractivity contribution is 5.76. The molecule has 0 saturated heterocycles. The Morgan fingerprint density at radius 3 is 3.00 bits per heavy atom. The van der Waals surface area contributed by atoms with Crippen molar-refractivity contribution in [2.75, 3.05) is 20.6 Å². The van der Waals surface area contributed by atoms with Crippen molar-refractivity contribution < 1.29 is 4.79 Å². The molecule has 1 N–H and O–H groups in total. The molecule has 1 aliphatic carbocycles. The maximum absolute atomic E-state index is 12.1. The van der Waals surface area contributed by atoms with Crippen LogP contribution in [0, 0.1) is 0 Å². The summed E-state index contributed by atoms with van der Waals surface area (Å²) in [5.74, 6) is 0.256. The SMILES string of the molecule is CNCCCC(=O)N(C)C1CCc2ccccc21. The third-order valence-corrected chi connectivity index (χ3v) is 3.78. The van der Waals surface area contributed by atoms with Crippen LogP contribution >= 0.6 is 0 Å². The van der Waals surface area contributed by atoms with E-state index >= 15 is 0 Å². The number of amides is 1. The largest absolute Gasteiger partial charge is 0.339 e. The summed E-state index contributed by atoms with van der Waals surface area (Å²) >= 11 is 0. The molecule has 1 aliphatic rings. The second-order valence-corrected chi connectivity index (χ2v) is 4.97. The maximum atomic E-state index is 12.1. The van der Waals surface area contributed by atoms with Crippen molar-refractivity contribution in [3.63, 3.8) is 0 Å². The van der Waals surface area contributed by atoms with E-state index in [9.17, 15) is 4.79 Å². The Hall–Kier alpha value is -1.35. The quantitative estimate of drug-likeness (QED) is 0.807. The molecule has 3 nitrogen and oxygen atoms in total. The Balaban J connectivity index is 1.98. The van der Waals surface area contributed by atoms with Crippen molar-refractivity contribution in [2.24, 2.45) is 0 Å². The third-order valence-electron chi connectivity index (χ3n) is 3.78. The summed E-state index contributed by atoms with van der Waals surface area (Å²) in [6.45, 7) is 0.904. The molecular formula is C15H22N2O. The van der Waals surface area contributed by atoms with Crippen LogP contribution in [0.3, 0.4) is 0 Å². The standard InChI is InChI=1S/C15H22N2O/c1-16-11-5-8-15(18)17(2)14-10-9-12-6-3-4-7-13(12)14/h3-4,6-7,14,16H,5,8-11H2,1-2H3. The van der Waals surface area contributed by atoms with Crippen molar-refractivity contribution in [2.45, 2.75) is 31.7 Å². The number of fused-ring (bicyclic) bond motifs is 1. The van der Waals surface area contributed by atoms with E-state index < -0.39 is 0 Å². The third kappa shape index (κ3) is 2.72. The van der Waals surface area contributed by atoms with Crippen LogP contribution < -0.4 is 5.32 Å². The minimum absolute atomic E-state index is 0.256. The summed E-state index contributed by atoms with van der Waals surface area (Å²) in [7, 11) is 3.86. The molecule has 0 saturated carbocycles. The van der Waals surface area contributed by atoms with Gasteiger partial charge in [0.2, 0.25) is 5.91 Å². The summed E-state index contributed by atoms with van der Waals surface area (Å²) in [5.41, 5.74) is 2.74. The lowest BCUT2D eigenvalue weighted by Gasteiger charge is -2.25. The number of carbonyl (C=O) groups is 1. The highest BCUT2D eigenvalue weighted by atomic mass is 16.2. The molecule has 3 heteroatoms. The molecule has 1 amide bonds. The van der Waals surface area contributed by atoms with Crippen LogP contribution in [0.15, 0.2) is 24.3 Å². The van der Waals surface area contributed by atoms with Crippen LogP contribution in [0.5, 0.6) is 0 Å². The van der Waals surface area contributed by atoms with Gasteiger partial charge in [-0.1, -0.05) is 24.3 Å². The summed E-state index contributed by atoms with van der Waals surface area (Å²) in [4.78, 5) is 14.0. The number of benzene rings is 1. The van der Waals surface area contributed by atoms with E-state index in [0.29, 0.717) is 6.42 Å². The minimum Gasteiger partial charge on any atom is -0.339 e. The van der Waals surface area contributed by atoms with Gasteiger partial charge in [0, 0.05) is 13.5 Å². The Kier molecular flexibility index (Phi) is 4.37. The van der Waals surface area contributed by atoms with Crippen LogP contribution in [0.2, 0.25) is 0 Å². The molecule has 0 radical (unpaired) electrons. The first-order valence-electron chi connectivity index (χ1n) is 6.72. The number of rotatable bonds is 5. The van der Waals surface area contributed by atoms with Gasteiger partial charge >= 0.3 is 0 Å². The summed E-state index contributed by atoms with van der Waals surface area (Å²) < 4.78 is 0. The van der Waals surface area contributed by atoms with Crippen molar-refractivity contribution >= 4 is 5.91 Å². The van der Waals surface area contributed by atoms with Gasteiger partial charge in [-0.05, 0) is 44.0 Å². The first-order valence-corrected chi connectivity index (χ1v) is 6.72. The molecule has 0 aromatic heterocycles. The average molecular weight is 246 g/mol.